The SMILES string of the molecule is CN(C)CCCc1cccc(-n2cccn2)c1. The van der Waals surface area contributed by atoms with E-state index in [9.17, 15) is 0 Å². The van der Waals surface area contributed by atoms with Gasteiger partial charge < -0.3 is 4.90 Å². The van der Waals surface area contributed by atoms with E-state index in [1.807, 2.05) is 16.9 Å². The predicted molar refractivity (Wildman–Crippen MR) is 70.4 cm³/mol. The van der Waals surface area contributed by atoms with E-state index in [2.05, 4.69) is 48.4 Å². The summed E-state index contributed by atoms with van der Waals surface area (Å²) >= 11 is 0. The van der Waals surface area contributed by atoms with Crippen LogP contribution in [0.5, 0.6) is 0 Å². The van der Waals surface area contributed by atoms with Crippen LogP contribution in [0.2, 0.25) is 0 Å². The van der Waals surface area contributed by atoms with E-state index < -0.39 is 0 Å². The molecular formula is C14H19N3. The normalized spacial score (nSPS) is 11.0. The molecule has 1 aromatic carbocycles. The first-order valence-electron chi connectivity index (χ1n) is 5.99. The van der Waals surface area contributed by atoms with Gasteiger partial charge in [0.25, 0.3) is 0 Å². The fourth-order valence-corrected chi connectivity index (χ4v) is 1.88. The number of rotatable bonds is 5. The van der Waals surface area contributed by atoms with E-state index in [0.717, 1.165) is 18.7 Å². The van der Waals surface area contributed by atoms with Crippen molar-refractivity contribution in [1.29, 1.82) is 0 Å². The highest BCUT2D eigenvalue weighted by atomic mass is 15.3. The Labute approximate surface area is 103 Å². The highest BCUT2D eigenvalue weighted by Gasteiger charge is 1.99. The number of aromatic nitrogens is 2. The van der Waals surface area contributed by atoms with Crippen LogP contribution >= 0.6 is 0 Å². The summed E-state index contributed by atoms with van der Waals surface area (Å²) in [6, 6.07) is 10.5. The van der Waals surface area contributed by atoms with Gasteiger partial charge in [-0.15, -0.1) is 0 Å². The van der Waals surface area contributed by atoms with Crippen molar-refractivity contribution in [3.63, 3.8) is 0 Å². The Bertz CT molecular complexity index is 446. The molecule has 0 N–H and O–H groups in total. The van der Waals surface area contributed by atoms with Crippen molar-refractivity contribution in [3.8, 4) is 5.69 Å². The number of aryl methyl sites for hydroxylation is 1. The highest BCUT2D eigenvalue weighted by Crippen LogP contribution is 2.11. The lowest BCUT2D eigenvalue weighted by Gasteiger charge is -2.09. The first kappa shape index (κ1) is 11.9. The molecule has 0 aliphatic carbocycles. The minimum atomic E-state index is 1.12. The summed E-state index contributed by atoms with van der Waals surface area (Å²) < 4.78 is 1.90. The number of benzene rings is 1. The standard InChI is InChI=1S/C14H19N3/c1-16(2)10-4-7-13-6-3-8-14(12-13)17-11-5-9-15-17/h3,5-6,8-9,11-12H,4,7,10H2,1-2H3. The molecule has 90 valence electrons. The van der Waals surface area contributed by atoms with Crippen LogP contribution in [0.3, 0.4) is 0 Å². The fraction of sp³-hybridized carbons (Fsp3) is 0.357. The summed E-state index contributed by atoms with van der Waals surface area (Å²) in [5.74, 6) is 0. The van der Waals surface area contributed by atoms with E-state index in [-0.39, 0.29) is 0 Å². The molecule has 1 heterocycles. The van der Waals surface area contributed by atoms with Crippen LogP contribution in [-0.4, -0.2) is 35.3 Å². The minimum absolute atomic E-state index is 1.12. The van der Waals surface area contributed by atoms with Crippen LogP contribution in [0.15, 0.2) is 42.7 Å². The molecule has 0 atom stereocenters. The van der Waals surface area contributed by atoms with Crippen molar-refractivity contribution in [2.24, 2.45) is 0 Å². The zero-order valence-corrected chi connectivity index (χ0v) is 10.5. The van der Waals surface area contributed by atoms with Gasteiger partial charge in [0.05, 0.1) is 5.69 Å². The molecule has 0 saturated carbocycles. The molecule has 0 fully saturated rings. The number of hydrogen-bond acceptors (Lipinski definition) is 2. The summed E-state index contributed by atoms with van der Waals surface area (Å²) in [6.07, 6.45) is 6.08. The quantitative estimate of drug-likeness (QED) is 0.785. The van der Waals surface area contributed by atoms with Gasteiger partial charge in [-0.3, -0.25) is 0 Å². The van der Waals surface area contributed by atoms with Crippen molar-refractivity contribution in [2.75, 3.05) is 20.6 Å². The Morgan fingerprint density at radius 2 is 2.12 bits per heavy atom. The molecule has 0 aliphatic rings. The molecule has 0 bridgehead atoms. The van der Waals surface area contributed by atoms with Crippen LogP contribution in [0.4, 0.5) is 0 Å². The molecular weight excluding hydrogens is 210 g/mol. The Kier molecular flexibility index (Phi) is 3.94. The molecule has 3 nitrogen and oxygen atoms in total. The van der Waals surface area contributed by atoms with E-state index in [4.69, 9.17) is 0 Å². The van der Waals surface area contributed by atoms with E-state index in [1.165, 1.54) is 12.0 Å². The summed E-state index contributed by atoms with van der Waals surface area (Å²) in [7, 11) is 4.22. The summed E-state index contributed by atoms with van der Waals surface area (Å²) in [5, 5.41) is 4.24. The second-order valence-corrected chi connectivity index (χ2v) is 4.53. The van der Waals surface area contributed by atoms with E-state index in [1.54, 1.807) is 6.20 Å². The third-order valence-electron chi connectivity index (χ3n) is 2.75. The molecule has 17 heavy (non-hydrogen) atoms. The Morgan fingerprint density at radius 1 is 1.24 bits per heavy atom. The predicted octanol–water partition coefficient (Wildman–Crippen LogP) is 2.37. The largest absolute Gasteiger partial charge is 0.309 e. The van der Waals surface area contributed by atoms with Crippen molar-refractivity contribution in [1.82, 2.24) is 14.7 Å². The molecule has 0 unspecified atom stereocenters. The van der Waals surface area contributed by atoms with Crippen LogP contribution in [-0.2, 0) is 6.42 Å². The van der Waals surface area contributed by atoms with Crippen LogP contribution in [0, 0.1) is 0 Å². The van der Waals surface area contributed by atoms with E-state index >= 15 is 0 Å². The first-order valence-corrected chi connectivity index (χ1v) is 5.99. The van der Waals surface area contributed by atoms with Gasteiger partial charge in [-0.25, -0.2) is 4.68 Å². The second kappa shape index (κ2) is 5.64. The van der Waals surface area contributed by atoms with Gasteiger partial charge in [0.15, 0.2) is 0 Å². The van der Waals surface area contributed by atoms with Crippen molar-refractivity contribution in [2.45, 2.75) is 12.8 Å². The molecule has 2 aromatic rings. The lowest BCUT2D eigenvalue weighted by atomic mass is 10.1. The molecule has 0 aliphatic heterocycles. The minimum Gasteiger partial charge on any atom is -0.309 e. The molecule has 3 heteroatoms. The monoisotopic (exact) mass is 229 g/mol. The molecule has 0 spiro atoms. The first-order chi connectivity index (χ1) is 8.25. The molecule has 0 amide bonds. The molecule has 0 saturated heterocycles. The number of nitrogens with zero attached hydrogens (tertiary/aromatic N) is 3. The summed E-state index contributed by atoms with van der Waals surface area (Å²) in [6.45, 7) is 1.13. The van der Waals surface area contributed by atoms with Crippen LogP contribution in [0.1, 0.15) is 12.0 Å². The van der Waals surface area contributed by atoms with Gasteiger partial charge >= 0.3 is 0 Å². The lowest BCUT2D eigenvalue weighted by molar-refractivity contribution is 0.400. The van der Waals surface area contributed by atoms with Crippen molar-refractivity contribution in [3.05, 3.63) is 48.3 Å². The zero-order chi connectivity index (χ0) is 12.1. The zero-order valence-electron chi connectivity index (χ0n) is 10.5. The van der Waals surface area contributed by atoms with Crippen LogP contribution < -0.4 is 0 Å². The Morgan fingerprint density at radius 3 is 2.82 bits per heavy atom. The van der Waals surface area contributed by atoms with Gasteiger partial charge in [-0.1, -0.05) is 12.1 Å². The van der Waals surface area contributed by atoms with Gasteiger partial charge in [0.1, 0.15) is 0 Å². The average molecular weight is 229 g/mol. The summed E-state index contributed by atoms with van der Waals surface area (Å²) in [4.78, 5) is 2.22. The molecule has 2 rings (SSSR count). The average Bonchev–Trinajstić information content (AvgIpc) is 2.82. The lowest BCUT2D eigenvalue weighted by Crippen LogP contribution is -2.13. The van der Waals surface area contributed by atoms with Gasteiger partial charge in [-0.2, -0.15) is 5.10 Å². The maximum absolute atomic E-state index is 4.24. The third kappa shape index (κ3) is 3.43. The highest BCUT2D eigenvalue weighted by molar-refractivity contribution is 5.35. The Hall–Kier alpha value is -1.61. The van der Waals surface area contributed by atoms with E-state index in [0.29, 0.717) is 0 Å². The van der Waals surface area contributed by atoms with Crippen molar-refractivity contribution < 1.29 is 0 Å². The van der Waals surface area contributed by atoms with Gasteiger partial charge in [-0.05, 0) is 57.2 Å². The Balaban J connectivity index is 2.02. The number of hydrogen-bond donors (Lipinski definition) is 0. The molecule has 0 radical (unpaired) electrons. The maximum atomic E-state index is 4.24. The smallest absolute Gasteiger partial charge is 0.0648 e. The summed E-state index contributed by atoms with van der Waals surface area (Å²) in [5.41, 5.74) is 2.51. The topological polar surface area (TPSA) is 21.1 Å². The van der Waals surface area contributed by atoms with Crippen LogP contribution in [0.25, 0.3) is 5.69 Å². The third-order valence-corrected chi connectivity index (χ3v) is 2.75. The van der Waals surface area contributed by atoms with Crippen molar-refractivity contribution >= 4 is 0 Å². The van der Waals surface area contributed by atoms with Gasteiger partial charge in [0.2, 0.25) is 0 Å². The molecule has 1 aromatic heterocycles. The fourth-order valence-electron chi connectivity index (χ4n) is 1.88. The van der Waals surface area contributed by atoms with Gasteiger partial charge in [0, 0.05) is 12.4 Å². The maximum Gasteiger partial charge on any atom is 0.0648 e. The second-order valence-electron chi connectivity index (χ2n) is 4.53.